The summed E-state index contributed by atoms with van der Waals surface area (Å²) in [6.45, 7) is 0.509. The van der Waals surface area contributed by atoms with Gasteiger partial charge in [0.05, 0.1) is 18.2 Å². The molecule has 38 heavy (non-hydrogen) atoms. The second-order valence-electron chi connectivity index (χ2n) is 10.8. The fourth-order valence-corrected chi connectivity index (χ4v) is 6.03. The van der Waals surface area contributed by atoms with Crippen LogP contribution in [0, 0.1) is 17.2 Å². The van der Waals surface area contributed by atoms with Crippen molar-refractivity contribution in [2.24, 2.45) is 5.92 Å². The Morgan fingerprint density at radius 2 is 1.92 bits per heavy atom. The molecule has 8 nitrogen and oxygen atoms in total. The Labute approximate surface area is 222 Å². The second-order valence-corrected chi connectivity index (χ2v) is 10.8. The van der Waals surface area contributed by atoms with Crippen molar-refractivity contribution in [3.8, 4) is 11.8 Å². The molecule has 2 aliphatic carbocycles. The number of benzene rings is 2. The quantitative estimate of drug-likeness (QED) is 0.467. The molecular weight excluding hydrogens is 482 g/mol. The molecule has 1 heterocycles. The third-order valence-corrected chi connectivity index (χ3v) is 8.25. The molecule has 1 spiro atoms. The van der Waals surface area contributed by atoms with Crippen LogP contribution >= 0.6 is 0 Å². The number of rotatable bonds is 8. The first-order chi connectivity index (χ1) is 18.4. The third-order valence-electron chi connectivity index (χ3n) is 8.25. The van der Waals surface area contributed by atoms with Crippen molar-refractivity contribution in [2.45, 2.75) is 75.7 Å². The molecule has 3 N–H and O–H groups in total. The highest BCUT2D eigenvalue weighted by molar-refractivity contribution is 5.98. The lowest BCUT2D eigenvalue weighted by atomic mass is 9.86. The van der Waals surface area contributed by atoms with Crippen LogP contribution in [0.25, 0.3) is 0 Å². The van der Waals surface area contributed by atoms with Crippen molar-refractivity contribution >= 4 is 23.5 Å². The van der Waals surface area contributed by atoms with Crippen LogP contribution in [0.1, 0.15) is 84.8 Å². The number of carboxylic acid groups (broad SMARTS) is 1. The summed E-state index contributed by atoms with van der Waals surface area (Å²) in [7, 11) is 0. The number of hydrogen-bond donors (Lipinski definition) is 3. The number of nitrogens with zero attached hydrogens (tertiary/aromatic N) is 1. The first-order valence-corrected chi connectivity index (χ1v) is 13.5. The van der Waals surface area contributed by atoms with E-state index in [-0.39, 0.29) is 35.6 Å². The Morgan fingerprint density at radius 3 is 2.68 bits per heavy atom. The summed E-state index contributed by atoms with van der Waals surface area (Å²) in [6, 6.07) is 13.0. The number of fused-ring (bicyclic) bond motifs is 2. The summed E-state index contributed by atoms with van der Waals surface area (Å²) in [5.74, 6) is -0.638. The first-order valence-electron chi connectivity index (χ1n) is 13.5. The molecule has 2 aromatic carbocycles. The zero-order valence-electron chi connectivity index (χ0n) is 21.4. The number of aryl methyl sites for hydroxylation is 1. The van der Waals surface area contributed by atoms with Crippen LogP contribution in [-0.4, -0.2) is 35.5 Å². The summed E-state index contributed by atoms with van der Waals surface area (Å²) in [4.78, 5) is 37.4. The van der Waals surface area contributed by atoms with Gasteiger partial charge in [0.25, 0.3) is 5.91 Å². The minimum absolute atomic E-state index is 0.0343. The fourth-order valence-electron chi connectivity index (χ4n) is 6.03. The van der Waals surface area contributed by atoms with Crippen LogP contribution in [-0.2, 0) is 21.4 Å². The number of anilines is 1. The predicted molar refractivity (Wildman–Crippen MR) is 141 cm³/mol. The molecule has 2 fully saturated rings. The van der Waals surface area contributed by atoms with E-state index in [0.29, 0.717) is 49.1 Å². The monoisotopic (exact) mass is 515 g/mol. The Kier molecular flexibility index (Phi) is 7.37. The minimum atomic E-state index is -0.867. The topological polar surface area (TPSA) is 129 Å². The Hall–Kier alpha value is -3.86. The molecule has 0 saturated heterocycles. The van der Waals surface area contributed by atoms with Gasteiger partial charge >= 0.3 is 5.97 Å². The molecule has 2 amide bonds. The van der Waals surface area contributed by atoms with Crippen LogP contribution in [0.15, 0.2) is 36.4 Å². The van der Waals surface area contributed by atoms with Crippen LogP contribution in [0.2, 0.25) is 0 Å². The van der Waals surface area contributed by atoms with E-state index < -0.39 is 5.97 Å². The van der Waals surface area contributed by atoms with E-state index in [2.05, 4.69) is 16.7 Å². The highest BCUT2D eigenvalue weighted by Crippen LogP contribution is 2.61. The van der Waals surface area contributed by atoms with Crippen molar-refractivity contribution in [3.05, 3.63) is 58.7 Å². The van der Waals surface area contributed by atoms with Gasteiger partial charge in [-0.3, -0.25) is 14.4 Å². The van der Waals surface area contributed by atoms with E-state index in [1.807, 2.05) is 12.1 Å². The van der Waals surface area contributed by atoms with Gasteiger partial charge in [0, 0.05) is 40.6 Å². The zero-order chi connectivity index (χ0) is 26.7. The van der Waals surface area contributed by atoms with Crippen molar-refractivity contribution in [1.82, 2.24) is 5.32 Å². The molecule has 5 rings (SSSR count). The maximum atomic E-state index is 13.5. The minimum Gasteiger partial charge on any atom is -0.493 e. The molecule has 3 aliphatic rings. The number of carboxylic acids is 1. The Bertz CT molecular complexity index is 1290. The number of nitrogens with one attached hydrogen (secondary N) is 2. The van der Waals surface area contributed by atoms with Crippen LogP contribution < -0.4 is 15.4 Å². The number of aliphatic carboxylic acids is 1. The molecule has 0 unspecified atom stereocenters. The summed E-state index contributed by atoms with van der Waals surface area (Å²) in [5.41, 5.74) is 2.91. The van der Waals surface area contributed by atoms with Gasteiger partial charge in [0.15, 0.2) is 0 Å². The van der Waals surface area contributed by atoms with Crippen molar-refractivity contribution < 1.29 is 24.2 Å². The lowest BCUT2D eigenvalue weighted by Crippen LogP contribution is -2.36. The highest BCUT2D eigenvalue weighted by atomic mass is 16.5. The number of ether oxygens (including phenoxy) is 1. The van der Waals surface area contributed by atoms with E-state index in [0.717, 1.165) is 42.6 Å². The van der Waals surface area contributed by atoms with Gasteiger partial charge in [-0.2, -0.15) is 5.26 Å². The van der Waals surface area contributed by atoms with Gasteiger partial charge < -0.3 is 20.5 Å². The van der Waals surface area contributed by atoms with Crippen molar-refractivity contribution in [3.63, 3.8) is 0 Å². The SMILES string of the molecule is N#Cc1ccc(CCCC(=O)O)c(NC(=O)[C@@H]2C[C@]23CCOc2ccc(C(=O)NC4CCCCC4)cc23)c1. The Balaban J connectivity index is 1.32. The summed E-state index contributed by atoms with van der Waals surface area (Å²) in [5, 5.41) is 24.5. The summed E-state index contributed by atoms with van der Waals surface area (Å²) >= 11 is 0. The maximum absolute atomic E-state index is 13.5. The summed E-state index contributed by atoms with van der Waals surface area (Å²) in [6.07, 6.45) is 7.83. The number of carbonyl (C=O) groups excluding carboxylic acids is 2. The van der Waals surface area contributed by atoms with Crippen LogP contribution in [0.5, 0.6) is 5.75 Å². The number of hydrogen-bond acceptors (Lipinski definition) is 5. The van der Waals surface area contributed by atoms with Gasteiger partial charge in [-0.05, 0) is 74.4 Å². The second kappa shape index (κ2) is 10.9. The molecule has 0 bridgehead atoms. The molecule has 2 saturated carbocycles. The van der Waals surface area contributed by atoms with E-state index >= 15 is 0 Å². The molecule has 1 aliphatic heterocycles. The lowest BCUT2D eigenvalue weighted by molar-refractivity contribution is -0.137. The molecule has 8 heteroatoms. The van der Waals surface area contributed by atoms with E-state index in [4.69, 9.17) is 9.84 Å². The van der Waals surface area contributed by atoms with Gasteiger partial charge in [0.1, 0.15) is 5.75 Å². The largest absolute Gasteiger partial charge is 0.493 e. The maximum Gasteiger partial charge on any atom is 0.303 e. The fraction of sp³-hybridized carbons (Fsp3) is 0.467. The average molecular weight is 516 g/mol. The van der Waals surface area contributed by atoms with Crippen molar-refractivity contribution in [1.29, 1.82) is 5.26 Å². The standard InChI is InChI=1S/C30H33N3O5/c31-18-19-9-10-20(5-4-8-27(34)35)25(15-19)33-29(37)24-17-30(24)13-14-38-26-12-11-21(16-23(26)30)28(36)32-22-6-2-1-3-7-22/h9-12,15-16,22,24H,1-8,13-14,17H2,(H,32,36)(H,33,37)(H,34,35)/t24-,30-/m0/s1. The molecule has 2 atom stereocenters. The zero-order valence-corrected chi connectivity index (χ0v) is 21.4. The van der Waals surface area contributed by atoms with E-state index in [1.165, 1.54) is 6.42 Å². The highest BCUT2D eigenvalue weighted by Gasteiger charge is 2.61. The molecule has 2 aromatic rings. The lowest BCUT2D eigenvalue weighted by Gasteiger charge is -2.28. The smallest absolute Gasteiger partial charge is 0.303 e. The molecule has 198 valence electrons. The molecule has 0 aromatic heterocycles. The normalized spacial score (nSPS) is 22.0. The molecular formula is C30H33N3O5. The predicted octanol–water partition coefficient (Wildman–Crippen LogP) is 4.71. The van der Waals surface area contributed by atoms with Crippen molar-refractivity contribution in [2.75, 3.05) is 11.9 Å². The first kappa shape index (κ1) is 25.8. The van der Waals surface area contributed by atoms with Crippen LogP contribution in [0.3, 0.4) is 0 Å². The average Bonchev–Trinajstić information content (AvgIpc) is 3.64. The van der Waals surface area contributed by atoms with Gasteiger partial charge in [0.2, 0.25) is 5.91 Å². The number of nitriles is 1. The van der Waals surface area contributed by atoms with Gasteiger partial charge in [-0.25, -0.2) is 0 Å². The number of amides is 2. The Morgan fingerprint density at radius 1 is 1.11 bits per heavy atom. The van der Waals surface area contributed by atoms with E-state index in [9.17, 15) is 19.6 Å². The van der Waals surface area contributed by atoms with E-state index in [1.54, 1.807) is 24.3 Å². The van der Waals surface area contributed by atoms with Gasteiger partial charge in [-0.15, -0.1) is 0 Å². The number of carbonyl (C=O) groups is 3. The molecule has 0 radical (unpaired) electrons. The van der Waals surface area contributed by atoms with Crippen LogP contribution in [0.4, 0.5) is 5.69 Å². The summed E-state index contributed by atoms with van der Waals surface area (Å²) < 4.78 is 5.90. The van der Waals surface area contributed by atoms with Gasteiger partial charge in [-0.1, -0.05) is 25.3 Å². The third kappa shape index (κ3) is 5.38.